The average Bonchev–Trinajstić information content (AvgIpc) is 3.48. The van der Waals surface area contributed by atoms with Crippen LogP contribution in [0.4, 0.5) is 4.39 Å². The Morgan fingerprint density at radius 1 is 1.20 bits per heavy atom. The molecular weight excluding hydrogens is 409 g/mol. The summed E-state index contributed by atoms with van der Waals surface area (Å²) in [6.07, 6.45) is 3.37. The highest BCUT2D eigenvalue weighted by atomic mass is 32.1. The van der Waals surface area contributed by atoms with Crippen LogP contribution in [0.1, 0.15) is 21.8 Å². The molecule has 0 radical (unpaired) electrons. The Balaban J connectivity index is 1.58. The number of halogens is 1. The van der Waals surface area contributed by atoms with Gasteiger partial charge in [-0.05, 0) is 31.2 Å². The first kappa shape index (κ1) is 20.1. The van der Waals surface area contributed by atoms with Crippen molar-refractivity contribution in [3.63, 3.8) is 0 Å². The fraction of sp³-hybridized carbons (Fsp3) is 0.286. The molecule has 3 aromatic rings. The number of methoxy groups -OCH3 is 1. The number of ether oxygens (including phenoxy) is 2. The van der Waals surface area contributed by atoms with E-state index < -0.39 is 23.9 Å². The molecule has 7 nitrogen and oxygen atoms in total. The minimum absolute atomic E-state index is 0.0873. The standard InChI is InChI=1S/C21H20FN3O4S/c1-13-18(30-21(23-13)24-9-5-6-10-24)19(26)25-12-14(11-16(25)20(27)28-2)29-17-8-4-3-7-15(17)22/h3-10,14,16H,11-12H2,1-2H3. The van der Waals surface area contributed by atoms with Crippen LogP contribution in [0.3, 0.4) is 0 Å². The second kappa shape index (κ2) is 8.27. The molecule has 30 heavy (non-hydrogen) atoms. The van der Waals surface area contributed by atoms with E-state index in [0.29, 0.717) is 15.7 Å². The third kappa shape index (κ3) is 3.80. The minimum atomic E-state index is -0.809. The molecule has 1 aliphatic heterocycles. The van der Waals surface area contributed by atoms with Crippen LogP contribution in [0.25, 0.3) is 5.13 Å². The van der Waals surface area contributed by atoms with E-state index in [2.05, 4.69) is 4.98 Å². The van der Waals surface area contributed by atoms with E-state index >= 15 is 0 Å². The average molecular weight is 429 g/mol. The zero-order chi connectivity index (χ0) is 21.3. The molecule has 2 aromatic heterocycles. The van der Waals surface area contributed by atoms with Gasteiger partial charge in [-0.2, -0.15) is 0 Å². The van der Waals surface area contributed by atoms with Crippen LogP contribution < -0.4 is 4.74 Å². The summed E-state index contributed by atoms with van der Waals surface area (Å²) in [5, 5.41) is 0.661. The summed E-state index contributed by atoms with van der Waals surface area (Å²) in [7, 11) is 1.28. The molecule has 0 saturated carbocycles. The second-order valence-electron chi connectivity index (χ2n) is 6.90. The van der Waals surface area contributed by atoms with Crippen molar-refractivity contribution in [1.82, 2.24) is 14.5 Å². The molecule has 1 aliphatic rings. The SMILES string of the molecule is COC(=O)C1CC(Oc2ccccc2F)CN1C(=O)c1sc(-n2cccc2)nc1C. The number of carbonyl (C=O) groups excluding carboxylic acids is 2. The van der Waals surface area contributed by atoms with Crippen molar-refractivity contribution in [2.45, 2.75) is 25.5 Å². The largest absolute Gasteiger partial charge is 0.485 e. The van der Waals surface area contributed by atoms with Crippen molar-refractivity contribution in [2.24, 2.45) is 0 Å². The highest BCUT2D eigenvalue weighted by Gasteiger charge is 2.43. The van der Waals surface area contributed by atoms with E-state index in [-0.39, 0.29) is 24.6 Å². The number of carbonyl (C=O) groups is 2. The Morgan fingerprint density at radius 2 is 1.93 bits per heavy atom. The van der Waals surface area contributed by atoms with Gasteiger partial charge in [0, 0.05) is 18.8 Å². The van der Waals surface area contributed by atoms with Gasteiger partial charge in [-0.3, -0.25) is 4.79 Å². The highest BCUT2D eigenvalue weighted by molar-refractivity contribution is 7.16. The maximum atomic E-state index is 14.0. The van der Waals surface area contributed by atoms with Crippen LogP contribution in [-0.4, -0.2) is 52.1 Å². The Kier molecular flexibility index (Phi) is 5.54. The Morgan fingerprint density at radius 3 is 2.63 bits per heavy atom. The zero-order valence-corrected chi connectivity index (χ0v) is 17.3. The predicted octanol–water partition coefficient (Wildman–Crippen LogP) is 3.22. The minimum Gasteiger partial charge on any atom is -0.485 e. The van der Waals surface area contributed by atoms with Gasteiger partial charge in [0.15, 0.2) is 16.7 Å². The molecule has 1 fully saturated rings. The number of likely N-dealkylation sites (tertiary alicyclic amines) is 1. The summed E-state index contributed by atoms with van der Waals surface area (Å²) in [6.45, 7) is 1.90. The van der Waals surface area contributed by atoms with Crippen LogP contribution in [0.5, 0.6) is 5.75 Å². The lowest BCUT2D eigenvalue weighted by molar-refractivity contribution is -0.145. The first-order chi connectivity index (χ1) is 14.5. The molecule has 4 rings (SSSR count). The summed E-state index contributed by atoms with van der Waals surface area (Å²) in [6, 6.07) is 8.98. The topological polar surface area (TPSA) is 73.7 Å². The molecule has 0 bridgehead atoms. The number of thiazole rings is 1. The lowest BCUT2D eigenvalue weighted by atomic mass is 10.2. The summed E-state index contributed by atoms with van der Waals surface area (Å²) >= 11 is 1.25. The maximum absolute atomic E-state index is 14.0. The van der Waals surface area contributed by atoms with Gasteiger partial charge in [0.1, 0.15) is 17.0 Å². The number of esters is 1. The highest BCUT2D eigenvalue weighted by Crippen LogP contribution is 2.30. The summed E-state index contributed by atoms with van der Waals surface area (Å²) in [5.41, 5.74) is 0.579. The smallest absolute Gasteiger partial charge is 0.328 e. The van der Waals surface area contributed by atoms with Crippen LogP contribution in [0.2, 0.25) is 0 Å². The van der Waals surface area contributed by atoms with E-state index in [4.69, 9.17) is 9.47 Å². The van der Waals surface area contributed by atoms with Gasteiger partial charge in [-0.15, -0.1) is 0 Å². The summed E-state index contributed by atoms with van der Waals surface area (Å²) in [4.78, 5) is 32.0. The van der Waals surface area contributed by atoms with Crippen LogP contribution in [0.15, 0.2) is 48.8 Å². The number of aromatic nitrogens is 2. The number of amides is 1. The molecule has 0 spiro atoms. The Bertz CT molecular complexity index is 1070. The third-order valence-corrected chi connectivity index (χ3v) is 6.09. The monoisotopic (exact) mass is 429 g/mol. The summed E-state index contributed by atoms with van der Waals surface area (Å²) < 4.78 is 26.4. The van der Waals surface area contributed by atoms with Crippen molar-refractivity contribution in [3.05, 3.63) is 65.2 Å². The van der Waals surface area contributed by atoms with Crippen molar-refractivity contribution in [1.29, 1.82) is 0 Å². The molecule has 156 valence electrons. The third-order valence-electron chi connectivity index (χ3n) is 4.93. The molecular formula is C21H20FN3O4S. The molecule has 1 aromatic carbocycles. The molecule has 0 N–H and O–H groups in total. The van der Waals surface area contributed by atoms with E-state index in [9.17, 15) is 14.0 Å². The van der Waals surface area contributed by atoms with Crippen molar-refractivity contribution in [2.75, 3.05) is 13.7 Å². The van der Waals surface area contributed by atoms with Gasteiger partial charge in [0.2, 0.25) is 0 Å². The van der Waals surface area contributed by atoms with Gasteiger partial charge < -0.3 is 18.9 Å². The molecule has 2 unspecified atom stereocenters. The van der Waals surface area contributed by atoms with Crippen molar-refractivity contribution >= 4 is 23.2 Å². The zero-order valence-electron chi connectivity index (χ0n) is 16.4. The van der Waals surface area contributed by atoms with E-state index in [1.54, 1.807) is 19.1 Å². The second-order valence-corrected chi connectivity index (χ2v) is 7.88. The molecule has 3 heterocycles. The Hall–Kier alpha value is -3.20. The number of nitrogens with zero attached hydrogens (tertiary/aromatic N) is 3. The van der Waals surface area contributed by atoms with E-state index in [1.165, 1.54) is 35.5 Å². The lowest BCUT2D eigenvalue weighted by Crippen LogP contribution is -2.41. The fourth-order valence-corrected chi connectivity index (χ4v) is 4.46. The normalized spacial score (nSPS) is 18.4. The molecule has 0 aliphatic carbocycles. The first-order valence-electron chi connectivity index (χ1n) is 9.38. The molecule has 9 heteroatoms. The van der Waals surface area contributed by atoms with E-state index in [1.807, 2.05) is 29.1 Å². The van der Waals surface area contributed by atoms with Gasteiger partial charge in [0.25, 0.3) is 5.91 Å². The Labute approximate surface area is 176 Å². The van der Waals surface area contributed by atoms with Gasteiger partial charge in [-0.1, -0.05) is 23.5 Å². The number of rotatable bonds is 5. The number of hydrogen-bond acceptors (Lipinski definition) is 6. The van der Waals surface area contributed by atoms with Crippen LogP contribution >= 0.6 is 11.3 Å². The lowest BCUT2D eigenvalue weighted by Gasteiger charge is -2.21. The maximum Gasteiger partial charge on any atom is 0.328 e. The number of aryl methyl sites for hydroxylation is 1. The number of benzene rings is 1. The van der Waals surface area contributed by atoms with E-state index in [0.717, 1.165) is 0 Å². The molecule has 1 amide bonds. The van der Waals surface area contributed by atoms with Gasteiger partial charge >= 0.3 is 5.97 Å². The summed E-state index contributed by atoms with van der Waals surface area (Å²) in [5.74, 6) is -1.26. The van der Waals surface area contributed by atoms with Crippen molar-refractivity contribution in [3.8, 4) is 10.9 Å². The van der Waals surface area contributed by atoms with Crippen molar-refractivity contribution < 1.29 is 23.5 Å². The van der Waals surface area contributed by atoms with Gasteiger partial charge in [0.05, 0.1) is 19.3 Å². The molecule has 2 atom stereocenters. The number of para-hydroxylation sites is 1. The predicted molar refractivity (Wildman–Crippen MR) is 108 cm³/mol. The number of hydrogen-bond donors (Lipinski definition) is 0. The fourth-order valence-electron chi connectivity index (χ4n) is 3.47. The van der Waals surface area contributed by atoms with Crippen LogP contribution in [-0.2, 0) is 9.53 Å². The quantitative estimate of drug-likeness (QED) is 0.583. The first-order valence-corrected chi connectivity index (χ1v) is 10.2. The van der Waals surface area contributed by atoms with Gasteiger partial charge in [-0.25, -0.2) is 14.2 Å². The van der Waals surface area contributed by atoms with Crippen LogP contribution in [0, 0.1) is 12.7 Å². The molecule has 1 saturated heterocycles.